The van der Waals surface area contributed by atoms with Crippen LogP contribution in [0.1, 0.15) is 5.69 Å². The van der Waals surface area contributed by atoms with Crippen molar-refractivity contribution in [2.24, 2.45) is 0 Å². The minimum absolute atomic E-state index is 0.0774. The minimum Gasteiger partial charge on any atom is -0.384 e. The van der Waals surface area contributed by atoms with Crippen LogP contribution >= 0.6 is 0 Å². The summed E-state index contributed by atoms with van der Waals surface area (Å²) < 4.78 is 37.5. The standard InChI is InChI=1S/C8H6F3N5/c9-8(10,11)7-4(2-15-16-7)5-1-6(12)14-3-13-5/h1-3H,(H,15,16)(H2,12,13,14). The predicted octanol–water partition coefficient (Wildman–Crippen LogP) is 1.47. The number of nitrogen functional groups attached to an aromatic ring is 1. The van der Waals surface area contributed by atoms with Crippen molar-refractivity contribution in [1.82, 2.24) is 20.2 Å². The van der Waals surface area contributed by atoms with Crippen molar-refractivity contribution in [3.05, 3.63) is 24.3 Å². The average Bonchev–Trinajstić information content (AvgIpc) is 2.65. The monoisotopic (exact) mass is 229 g/mol. The van der Waals surface area contributed by atoms with E-state index in [9.17, 15) is 13.2 Å². The van der Waals surface area contributed by atoms with E-state index in [2.05, 4.69) is 20.2 Å². The number of nitrogens with two attached hydrogens (primary N) is 1. The summed E-state index contributed by atoms with van der Waals surface area (Å²) in [6.07, 6.45) is -2.32. The number of nitrogens with zero attached hydrogens (tertiary/aromatic N) is 3. The van der Waals surface area contributed by atoms with E-state index in [-0.39, 0.29) is 17.1 Å². The molecule has 0 radical (unpaired) electrons. The summed E-state index contributed by atoms with van der Waals surface area (Å²) in [6.45, 7) is 0. The van der Waals surface area contributed by atoms with Gasteiger partial charge in [0.25, 0.3) is 0 Å². The van der Waals surface area contributed by atoms with E-state index in [4.69, 9.17) is 5.73 Å². The molecule has 0 saturated carbocycles. The number of aromatic amines is 1. The Morgan fingerprint density at radius 1 is 1.25 bits per heavy atom. The topological polar surface area (TPSA) is 80.5 Å². The highest BCUT2D eigenvalue weighted by Gasteiger charge is 2.37. The summed E-state index contributed by atoms with van der Waals surface area (Å²) in [4.78, 5) is 7.30. The summed E-state index contributed by atoms with van der Waals surface area (Å²) in [6, 6.07) is 1.25. The Bertz CT molecular complexity index is 504. The van der Waals surface area contributed by atoms with Gasteiger partial charge in [-0.1, -0.05) is 0 Å². The highest BCUT2D eigenvalue weighted by molar-refractivity contribution is 5.63. The number of hydrogen-bond donors (Lipinski definition) is 2. The van der Waals surface area contributed by atoms with Gasteiger partial charge in [-0.2, -0.15) is 18.3 Å². The molecule has 16 heavy (non-hydrogen) atoms. The quantitative estimate of drug-likeness (QED) is 0.775. The average molecular weight is 229 g/mol. The van der Waals surface area contributed by atoms with Crippen LogP contribution in [-0.2, 0) is 6.18 Å². The highest BCUT2D eigenvalue weighted by atomic mass is 19.4. The second-order valence-electron chi connectivity index (χ2n) is 2.97. The van der Waals surface area contributed by atoms with Gasteiger partial charge in [-0.05, 0) is 0 Å². The Labute approximate surface area is 87.5 Å². The number of alkyl halides is 3. The van der Waals surface area contributed by atoms with Crippen LogP contribution in [0.4, 0.5) is 19.0 Å². The summed E-state index contributed by atoms with van der Waals surface area (Å²) >= 11 is 0. The van der Waals surface area contributed by atoms with Crippen LogP contribution in [0.3, 0.4) is 0 Å². The first-order valence-corrected chi connectivity index (χ1v) is 4.17. The summed E-state index contributed by atoms with van der Waals surface area (Å²) in [7, 11) is 0. The lowest BCUT2D eigenvalue weighted by atomic mass is 10.1. The number of halogens is 3. The molecule has 0 fully saturated rings. The SMILES string of the molecule is Nc1cc(-c2c[nH]nc2C(F)(F)F)ncn1. The van der Waals surface area contributed by atoms with Crippen LogP contribution in [-0.4, -0.2) is 20.2 Å². The number of anilines is 1. The Morgan fingerprint density at radius 3 is 2.62 bits per heavy atom. The van der Waals surface area contributed by atoms with Crippen molar-refractivity contribution in [2.45, 2.75) is 6.18 Å². The van der Waals surface area contributed by atoms with Crippen LogP contribution in [0.25, 0.3) is 11.3 Å². The molecule has 3 N–H and O–H groups in total. The summed E-state index contributed by atoms with van der Waals surface area (Å²) in [5.74, 6) is 0.0966. The number of H-pyrrole nitrogens is 1. The normalized spacial score (nSPS) is 11.7. The third-order valence-corrected chi connectivity index (χ3v) is 1.87. The first-order chi connectivity index (χ1) is 7.48. The molecule has 0 aliphatic carbocycles. The maximum atomic E-state index is 12.5. The Balaban J connectivity index is 2.53. The van der Waals surface area contributed by atoms with Gasteiger partial charge >= 0.3 is 6.18 Å². The molecule has 0 atom stereocenters. The zero-order valence-electron chi connectivity index (χ0n) is 7.78. The number of hydrogen-bond acceptors (Lipinski definition) is 4. The smallest absolute Gasteiger partial charge is 0.384 e. The van der Waals surface area contributed by atoms with Gasteiger partial charge in [0.15, 0.2) is 5.69 Å². The fraction of sp³-hybridized carbons (Fsp3) is 0.125. The number of nitrogens with one attached hydrogen (secondary N) is 1. The van der Waals surface area contributed by atoms with Crippen molar-refractivity contribution in [1.29, 1.82) is 0 Å². The van der Waals surface area contributed by atoms with Crippen molar-refractivity contribution in [3.63, 3.8) is 0 Å². The van der Waals surface area contributed by atoms with Crippen LogP contribution in [0, 0.1) is 0 Å². The van der Waals surface area contributed by atoms with Gasteiger partial charge in [0.2, 0.25) is 0 Å². The van der Waals surface area contributed by atoms with E-state index in [0.29, 0.717) is 0 Å². The van der Waals surface area contributed by atoms with E-state index in [1.165, 1.54) is 6.07 Å². The van der Waals surface area contributed by atoms with Gasteiger partial charge < -0.3 is 5.73 Å². The predicted molar refractivity (Wildman–Crippen MR) is 49.0 cm³/mol. The molecule has 8 heteroatoms. The molecule has 5 nitrogen and oxygen atoms in total. The first-order valence-electron chi connectivity index (χ1n) is 4.17. The van der Waals surface area contributed by atoms with Gasteiger partial charge in [0, 0.05) is 12.3 Å². The van der Waals surface area contributed by atoms with Gasteiger partial charge in [-0.15, -0.1) is 0 Å². The van der Waals surface area contributed by atoms with Gasteiger partial charge in [0.1, 0.15) is 12.1 Å². The van der Waals surface area contributed by atoms with E-state index >= 15 is 0 Å². The molecule has 2 heterocycles. The van der Waals surface area contributed by atoms with E-state index < -0.39 is 11.9 Å². The molecule has 0 saturated heterocycles. The highest BCUT2D eigenvalue weighted by Crippen LogP contribution is 2.34. The molecule has 0 aliphatic rings. The lowest BCUT2D eigenvalue weighted by Crippen LogP contribution is -2.07. The molecule has 2 aromatic rings. The van der Waals surface area contributed by atoms with E-state index in [1.807, 2.05) is 0 Å². The molecule has 0 aliphatic heterocycles. The fourth-order valence-corrected chi connectivity index (χ4v) is 1.22. The second kappa shape index (κ2) is 3.47. The van der Waals surface area contributed by atoms with Crippen LogP contribution in [0.15, 0.2) is 18.6 Å². The molecular formula is C8H6F3N5. The largest absolute Gasteiger partial charge is 0.435 e. The van der Waals surface area contributed by atoms with E-state index in [1.54, 1.807) is 0 Å². The molecule has 0 aromatic carbocycles. The Kier molecular flexibility index (Phi) is 2.26. The van der Waals surface area contributed by atoms with Crippen molar-refractivity contribution in [2.75, 3.05) is 5.73 Å². The van der Waals surface area contributed by atoms with Gasteiger partial charge in [-0.25, -0.2) is 9.97 Å². The van der Waals surface area contributed by atoms with Gasteiger partial charge in [-0.3, -0.25) is 5.10 Å². The first kappa shape index (κ1) is 10.4. The summed E-state index contributed by atoms with van der Waals surface area (Å²) in [5, 5.41) is 5.29. The molecule has 0 bridgehead atoms. The third-order valence-electron chi connectivity index (χ3n) is 1.87. The molecule has 0 amide bonds. The number of aromatic nitrogens is 4. The lowest BCUT2D eigenvalue weighted by molar-refractivity contribution is -0.140. The maximum absolute atomic E-state index is 12.5. The maximum Gasteiger partial charge on any atom is 0.435 e. The zero-order valence-corrected chi connectivity index (χ0v) is 7.78. The molecule has 2 rings (SSSR count). The van der Waals surface area contributed by atoms with Gasteiger partial charge in [0.05, 0.1) is 11.3 Å². The van der Waals surface area contributed by atoms with Crippen molar-refractivity contribution < 1.29 is 13.2 Å². The molecule has 84 valence electrons. The van der Waals surface area contributed by atoms with Crippen LogP contribution in [0.2, 0.25) is 0 Å². The fourth-order valence-electron chi connectivity index (χ4n) is 1.22. The van der Waals surface area contributed by atoms with Crippen LogP contribution < -0.4 is 5.73 Å². The molecular weight excluding hydrogens is 223 g/mol. The third kappa shape index (κ3) is 1.81. The van der Waals surface area contributed by atoms with E-state index in [0.717, 1.165) is 12.5 Å². The zero-order chi connectivity index (χ0) is 11.8. The second-order valence-corrected chi connectivity index (χ2v) is 2.97. The van der Waals surface area contributed by atoms with Crippen LogP contribution in [0.5, 0.6) is 0 Å². The Hall–Kier alpha value is -2.12. The minimum atomic E-state index is -4.53. The number of rotatable bonds is 1. The van der Waals surface area contributed by atoms with Crippen molar-refractivity contribution >= 4 is 5.82 Å². The Morgan fingerprint density at radius 2 is 2.00 bits per heavy atom. The molecule has 0 spiro atoms. The summed E-state index contributed by atoms with van der Waals surface area (Å²) in [5.41, 5.74) is 4.26. The molecule has 2 aromatic heterocycles. The molecule has 0 unspecified atom stereocenters. The lowest BCUT2D eigenvalue weighted by Gasteiger charge is -2.05. The van der Waals surface area contributed by atoms with Crippen molar-refractivity contribution in [3.8, 4) is 11.3 Å².